The van der Waals surface area contributed by atoms with Crippen LogP contribution in [0, 0.1) is 5.41 Å². The lowest BCUT2D eigenvalue weighted by Crippen LogP contribution is -2.58. The highest BCUT2D eigenvalue weighted by atomic mass is 15.2. The van der Waals surface area contributed by atoms with Gasteiger partial charge in [-0.3, -0.25) is 4.90 Å². The van der Waals surface area contributed by atoms with Crippen LogP contribution in [0.5, 0.6) is 0 Å². The second kappa shape index (κ2) is 4.87. The molecule has 2 aliphatic heterocycles. The Morgan fingerprint density at radius 2 is 1.71 bits per heavy atom. The van der Waals surface area contributed by atoms with E-state index in [2.05, 4.69) is 22.0 Å². The normalized spacial score (nSPS) is 31.6. The Balaban J connectivity index is 1.47. The van der Waals surface area contributed by atoms with E-state index in [1.54, 1.807) is 0 Å². The van der Waals surface area contributed by atoms with Crippen LogP contribution in [0.25, 0.3) is 0 Å². The van der Waals surface area contributed by atoms with Crippen molar-refractivity contribution in [2.75, 3.05) is 45.8 Å². The first-order chi connectivity index (χ1) is 8.31. The molecule has 1 saturated carbocycles. The molecule has 98 valence electrons. The van der Waals surface area contributed by atoms with Crippen molar-refractivity contribution in [3.05, 3.63) is 0 Å². The molecule has 0 bridgehead atoms. The molecule has 0 aromatic carbocycles. The van der Waals surface area contributed by atoms with Crippen molar-refractivity contribution in [2.45, 2.75) is 38.6 Å². The van der Waals surface area contributed by atoms with Crippen molar-refractivity contribution in [3.8, 4) is 0 Å². The molecule has 3 aliphatic rings. The maximum absolute atomic E-state index is 3.45. The average Bonchev–Trinajstić information content (AvgIpc) is 2.37. The van der Waals surface area contributed by atoms with E-state index >= 15 is 0 Å². The predicted molar refractivity (Wildman–Crippen MR) is 71.2 cm³/mol. The van der Waals surface area contributed by atoms with E-state index in [-0.39, 0.29) is 0 Å². The van der Waals surface area contributed by atoms with Crippen LogP contribution >= 0.6 is 0 Å². The molecule has 17 heavy (non-hydrogen) atoms. The monoisotopic (exact) mass is 237 g/mol. The number of piperidine rings is 1. The molecule has 0 atom stereocenters. The molecular formula is C14H27N3. The van der Waals surface area contributed by atoms with Gasteiger partial charge in [-0.15, -0.1) is 0 Å². The van der Waals surface area contributed by atoms with Crippen LogP contribution in [-0.4, -0.2) is 61.7 Å². The summed E-state index contributed by atoms with van der Waals surface area (Å²) in [5.74, 6) is 0. The predicted octanol–water partition coefficient (Wildman–Crippen LogP) is 1.16. The SMILES string of the molecule is CCN1CCC2(CC1)CC(N1CCNCC1)C2. The third-order valence-corrected chi connectivity index (χ3v) is 5.37. The van der Waals surface area contributed by atoms with E-state index in [1.807, 2.05) is 0 Å². The minimum atomic E-state index is 0.751. The van der Waals surface area contributed by atoms with E-state index in [4.69, 9.17) is 0 Å². The highest BCUT2D eigenvalue weighted by molar-refractivity contribution is 5.01. The summed E-state index contributed by atoms with van der Waals surface area (Å²) in [6, 6.07) is 0.922. The van der Waals surface area contributed by atoms with Gasteiger partial charge >= 0.3 is 0 Å². The number of piperazine rings is 1. The second-order valence-corrected chi connectivity index (χ2v) is 6.28. The summed E-state index contributed by atoms with van der Waals surface area (Å²) in [5.41, 5.74) is 0.751. The van der Waals surface area contributed by atoms with Gasteiger partial charge in [0.25, 0.3) is 0 Å². The molecule has 3 heteroatoms. The third-order valence-electron chi connectivity index (χ3n) is 5.37. The highest BCUT2D eigenvalue weighted by Gasteiger charge is 2.47. The molecular weight excluding hydrogens is 210 g/mol. The number of nitrogens with zero attached hydrogens (tertiary/aromatic N) is 2. The summed E-state index contributed by atoms with van der Waals surface area (Å²) in [6.07, 6.45) is 5.90. The fourth-order valence-corrected chi connectivity index (χ4v) is 4.00. The van der Waals surface area contributed by atoms with Gasteiger partial charge in [0.1, 0.15) is 0 Å². The zero-order valence-corrected chi connectivity index (χ0v) is 11.2. The molecule has 3 nitrogen and oxygen atoms in total. The largest absolute Gasteiger partial charge is 0.314 e. The lowest BCUT2D eigenvalue weighted by molar-refractivity contribution is -0.0449. The van der Waals surface area contributed by atoms with Gasteiger partial charge in [0, 0.05) is 32.2 Å². The highest BCUT2D eigenvalue weighted by Crippen LogP contribution is 2.50. The molecule has 1 N–H and O–H groups in total. The van der Waals surface area contributed by atoms with Gasteiger partial charge in [-0.05, 0) is 50.7 Å². The van der Waals surface area contributed by atoms with E-state index < -0.39 is 0 Å². The Hall–Kier alpha value is -0.120. The number of likely N-dealkylation sites (tertiary alicyclic amines) is 1. The van der Waals surface area contributed by atoms with E-state index in [0.717, 1.165) is 11.5 Å². The summed E-state index contributed by atoms with van der Waals surface area (Å²) >= 11 is 0. The molecule has 2 saturated heterocycles. The van der Waals surface area contributed by atoms with E-state index in [0.29, 0.717) is 0 Å². The fourth-order valence-electron chi connectivity index (χ4n) is 4.00. The van der Waals surface area contributed by atoms with Gasteiger partial charge in [-0.1, -0.05) is 6.92 Å². The van der Waals surface area contributed by atoms with Gasteiger partial charge in [-0.25, -0.2) is 0 Å². The van der Waals surface area contributed by atoms with Crippen LogP contribution in [0.15, 0.2) is 0 Å². The average molecular weight is 237 g/mol. The molecule has 0 unspecified atom stereocenters. The van der Waals surface area contributed by atoms with Crippen molar-refractivity contribution < 1.29 is 0 Å². The van der Waals surface area contributed by atoms with Crippen molar-refractivity contribution in [2.24, 2.45) is 5.41 Å². The zero-order chi connectivity index (χ0) is 11.7. The van der Waals surface area contributed by atoms with E-state index in [1.165, 1.54) is 71.5 Å². The number of rotatable bonds is 2. The minimum absolute atomic E-state index is 0.751. The first-order valence-electron chi connectivity index (χ1n) is 7.48. The molecule has 1 aliphatic carbocycles. The van der Waals surface area contributed by atoms with Crippen LogP contribution in [0.3, 0.4) is 0 Å². The molecule has 2 heterocycles. The van der Waals surface area contributed by atoms with Crippen molar-refractivity contribution in [1.82, 2.24) is 15.1 Å². The quantitative estimate of drug-likeness (QED) is 0.777. The second-order valence-electron chi connectivity index (χ2n) is 6.28. The first kappa shape index (κ1) is 11.9. The Bertz CT molecular complexity index is 244. The molecule has 3 fully saturated rings. The lowest BCUT2D eigenvalue weighted by Gasteiger charge is -2.56. The first-order valence-corrected chi connectivity index (χ1v) is 7.48. The molecule has 0 amide bonds. The summed E-state index contributed by atoms with van der Waals surface area (Å²) < 4.78 is 0. The molecule has 3 rings (SSSR count). The maximum Gasteiger partial charge on any atom is 0.0110 e. The fraction of sp³-hybridized carbons (Fsp3) is 1.00. The van der Waals surface area contributed by atoms with Crippen LogP contribution in [0.4, 0.5) is 0 Å². The standard InChI is InChI=1S/C14H27N3/c1-2-16-7-3-14(4-8-16)11-13(12-14)17-9-5-15-6-10-17/h13,15H,2-12H2,1H3. The minimum Gasteiger partial charge on any atom is -0.314 e. The zero-order valence-electron chi connectivity index (χ0n) is 11.2. The summed E-state index contributed by atoms with van der Waals surface area (Å²) in [5, 5.41) is 3.45. The molecule has 0 radical (unpaired) electrons. The summed E-state index contributed by atoms with van der Waals surface area (Å²) in [4.78, 5) is 5.34. The molecule has 1 spiro atoms. The number of hydrogen-bond acceptors (Lipinski definition) is 3. The van der Waals surface area contributed by atoms with Gasteiger partial charge < -0.3 is 10.2 Å². The topological polar surface area (TPSA) is 18.5 Å². The molecule has 0 aromatic heterocycles. The Kier molecular flexibility index (Phi) is 3.42. The van der Waals surface area contributed by atoms with Crippen LogP contribution in [-0.2, 0) is 0 Å². The maximum atomic E-state index is 3.45. The van der Waals surface area contributed by atoms with Crippen LogP contribution < -0.4 is 5.32 Å². The Labute approximate surface area is 106 Å². The van der Waals surface area contributed by atoms with Crippen molar-refractivity contribution in [3.63, 3.8) is 0 Å². The summed E-state index contributed by atoms with van der Waals surface area (Å²) in [6.45, 7) is 11.2. The van der Waals surface area contributed by atoms with Gasteiger partial charge in [0.05, 0.1) is 0 Å². The Morgan fingerprint density at radius 1 is 1.06 bits per heavy atom. The van der Waals surface area contributed by atoms with Crippen molar-refractivity contribution in [1.29, 1.82) is 0 Å². The third kappa shape index (κ3) is 2.38. The smallest absolute Gasteiger partial charge is 0.0110 e. The van der Waals surface area contributed by atoms with Gasteiger partial charge in [0.15, 0.2) is 0 Å². The number of hydrogen-bond donors (Lipinski definition) is 1. The summed E-state index contributed by atoms with van der Waals surface area (Å²) in [7, 11) is 0. The van der Waals surface area contributed by atoms with Crippen LogP contribution in [0.1, 0.15) is 32.6 Å². The lowest BCUT2D eigenvalue weighted by atomic mass is 9.60. The van der Waals surface area contributed by atoms with E-state index in [9.17, 15) is 0 Å². The van der Waals surface area contributed by atoms with Gasteiger partial charge in [0.2, 0.25) is 0 Å². The van der Waals surface area contributed by atoms with Crippen molar-refractivity contribution >= 4 is 0 Å². The molecule has 0 aromatic rings. The number of nitrogens with one attached hydrogen (secondary N) is 1. The van der Waals surface area contributed by atoms with Gasteiger partial charge in [-0.2, -0.15) is 0 Å². The Morgan fingerprint density at radius 3 is 2.29 bits per heavy atom. The van der Waals surface area contributed by atoms with Crippen LogP contribution in [0.2, 0.25) is 0 Å².